The molecule has 64 valence electrons. The summed E-state index contributed by atoms with van der Waals surface area (Å²) in [5.74, 6) is -0.298. The quantitative estimate of drug-likeness (QED) is 0.490. The zero-order chi connectivity index (χ0) is 9.07. The molecule has 0 unspecified atom stereocenters. The fraction of sp³-hybridized carbons (Fsp3) is 0.500. The molecule has 0 spiro atoms. The predicted octanol–water partition coefficient (Wildman–Crippen LogP) is 0.699. The van der Waals surface area contributed by atoms with Crippen LogP contribution in [0, 0.1) is 0 Å². The zero-order valence-corrected chi connectivity index (χ0v) is 7.17. The molecule has 0 saturated carbocycles. The highest BCUT2D eigenvalue weighted by atomic mass is 31.2. The molecule has 0 bridgehead atoms. The van der Waals surface area contributed by atoms with Crippen molar-refractivity contribution < 1.29 is 19.1 Å². The smallest absolute Gasteiger partial charge is 0.324 e. The third-order valence-electron chi connectivity index (χ3n) is 1.11. The molecule has 0 heterocycles. The highest BCUT2D eigenvalue weighted by Crippen LogP contribution is 2.35. The van der Waals surface area contributed by atoms with Crippen LogP contribution in [0.1, 0.15) is 13.3 Å². The first kappa shape index (κ1) is 10.6. The lowest BCUT2D eigenvalue weighted by Crippen LogP contribution is -2.01. The molecule has 2 N–H and O–H groups in total. The van der Waals surface area contributed by atoms with Crippen LogP contribution in [-0.4, -0.2) is 21.7 Å². The number of allylic oxidation sites excluding steroid dienone is 1. The van der Waals surface area contributed by atoms with E-state index in [1.54, 1.807) is 0 Å². The topological polar surface area (TPSA) is 74.6 Å². The second-order valence-corrected chi connectivity index (χ2v) is 4.12. The molecule has 4 nitrogen and oxygen atoms in total. The van der Waals surface area contributed by atoms with Crippen molar-refractivity contribution in [1.29, 1.82) is 0 Å². The first-order valence-corrected chi connectivity index (χ1v) is 4.86. The van der Waals surface area contributed by atoms with Crippen LogP contribution in [0.4, 0.5) is 0 Å². The van der Waals surface area contributed by atoms with Gasteiger partial charge in [0.15, 0.2) is 5.78 Å². The van der Waals surface area contributed by atoms with E-state index in [0.29, 0.717) is 5.57 Å². The van der Waals surface area contributed by atoms with Gasteiger partial charge >= 0.3 is 7.60 Å². The van der Waals surface area contributed by atoms with Gasteiger partial charge in [0.1, 0.15) is 0 Å². The van der Waals surface area contributed by atoms with Crippen LogP contribution in [-0.2, 0) is 9.36 Å². The average Bonchev–Trinajstić information content (AvgIpc) is 1.80. The summed E-state index contributed by atoms with van der Waals surface area (Å²) in [7, 11) is -4.02. The van der Waals surface area contributed by atoms with E-state index in [1.165, 1.54) is 6.92 Å². The molecule has 0 atom stereocenters. The number of hydrogen-bond acceptors (Lipinski definition) is 2. The Kier molecular flexibility index (Phi) is 3.66. The first-order chi connectivity index (χ1) is 4.83. The van der Waals surface area contributed by atoms with Gasteiger partial charge in [-0.2, -0.15) is 0 Å². The molecule has 0 rings (SSSR count). The van der Waals surface area contributed by atoms with Gasteiger partial charge in [0.2, 0.25) is 0 Å². The summed E-state index contributed by atoms with van der Waals surface area (Å²) in [6, 6.07) is 0. The average molecular weight is 178 g/mol. The molecular weight excluding hydrogens is 167 g/mol. The van der Waals surface area contributed by atoms with Crippen molar-refractivity contribution in [2.45, 2.75) is 13.3 Å². The molecule has 0 aliphatic heterocycles. The van der Waals surface area contributed by atoms with Gasteiger partial charge in [-0.15, -0.1) is 0 Å². The van der Waals surface area contributed by atoms with E-state index in [9.17, 15) is 9.36 Å². The summed E-state index contributed by atoms with van der Waals surface area (Å²) >= 11 is 0. The Morgan fingerprint density at radius 2 is 2.00 bits per heavy atom. The number of Topliss-reactive ketones (excluding diaryl/α,β-unsaturated/α-hetero) is 1. The zero-order valence-electron chi connectivity index (χ0n) is 6.28. The summed E-state index contributed by atoms with van der Waals surface area (Å²) in [5, 5.41) is 0. The van der Waals surface area contributed by atoms with Crippen molar-refractivity contribution in [3.8, 4) is 0 Å². The van der Waals surface area contributed by atoms with Crippen molar-refractivity contribution in [2.75, 3.05) is 6.16 Å². The second-order valence-electron chi connectivity index (χ2n) is 2.34. The van der Waals surface area contributed by atoms with Crippen LogP contribution in [0.25, 0.3) is 0 Å². The van der Waals surface area contributed by atoms with Gasteiger partial charge in [0.25, 0.3) is 0 Å². The van der Waals surface area contributed by atoms with Crippen molar-refractivity contribution in [1.82, 2.24) is 0 Å². The molecule has 0 saturated heterocycles. The maximum Gasteiger partial charge on any atom is 0.326 e. The van der Waals surface area contributed by atoms with E-state index in [0.717, 1.165) is 0 Å². The van der Waals surface area contributed by atoms with Gasteiger partial charge in [-0.3, -0.25) is 9.36 Å². The van der Waals surface area contributed by atoms with E-state index >= 15 is 0 Å². The molecular formula is C6H11O4P. The normalized spacial score (nSPS) is 11.2. The van der Waals surface area contributed by atoms with Crippen molar-refractivity contribution in [3.63, 3.8) is 0 Å². The summed E-state index contributed by atoms with van der Waals surface area (Å²) in [6.07, 6.45) is -0.516. The third kappa shape index (κ3) is 5.98. The molecule has 0 aromatic rings. The number of ketones is 1. The predicted molar refractivity (Wildman–Crippen MR) is 41.3 cm³/mol. The van der Waals surface area contributed by atoms with Crippen molar-refractivity contribution >= 4 is 13.4 Å². The molecule has 0 radical (unpaired) electrons. The Morgan fingerprint density at radius 1 is 1.55 bits per heavy atom. The Morgan fingerprint density at radius 3 is 2.27 bits per heavy atom. The SMILES string of the molecule is C=C(C)C(=O)CCP(=O)(O)O. The van der Waals surface area contributed by atoms with E-state index in [4.69, 9.17) is 9.79 Å². The molecule has 0 fully saturated rings. The van der Waals surface area contributed by atoms with Crippen LogP contribution in [0.2, 0.25) is 0 Å². The maximum absolute atomic E-state index is 10.7. The largest absolute Gasteiger partial charge is 0.326 e. The molecule has 0 aliphatic carbocycles. The highest BCUT2D eigenvalue weighted by molar-refractivity contribution is 7.51. The number of carbonyl (C=O) groups excluding carboxylic acids is 1. The van der Waals surface area contributed by atoms with E-state index in [2.05, 4.69) is 6.58 Å². The lowest BCUT2D eigenvalue weighted by molar-refractivity contribution is -0.115. The molecule has 0 aromatic carbocycles. The van der Waals surface area contributed by atoms with Crippen LogP contribution in [0.3, 0.4) is 0 Å². The lowest BCUT2D eigenvalue weighted by atomic mass is 10.2. The summed E-state index contributed by atoms with van der Waals surface area (Å²) < 4.78 is 10.3. The van der Waals surface area contributed by atoms with Gasteiger partial charge in [-0.25, -0.2) is 0 Å². The molecule has 0 amide bonds. The molecule has 0 aliphatic rings. The van der Waals surface area contributed by atoms with Gasteiger partial charge < -0.3 is 9.79 Å². The summed E-state index contributed by atoms with van der Waals surface area (Å²) in [4.78, 5) is 27.5. The van der Waals surface area contributed by atoms with Crippen LogP contribution in [0.15, 0.2) is 12.2 Å². The molecule has 5 heteroatoms. The lowest BCUT2D eigenvalue weighted by Gasteiger charge is -2.01. The van der Waals surface area contributed by atoms with Gasteiger partial charge in [0, 0.05) is 6.42 Å². The van der Waals surface area contributed by atoms with E-state index in [1.807, 2.05) is 0 Å². The minimum absolute atomic E-state index is 0.125. The van der Waals surface area contributed by atoms with E-state index in [-0.39, 0.29) is 12.2 Å². The summed E-state index contributed by atoms with van der Waals surface area (Å²) in [5.41, 5.74) is 0.332. The van der Waals surface area contributed by atoms with Crippen LogP contribution in [0.5, 0.6) is 0 Å². The third-order valence-corrected chi connectivity index (χ3v) is 1.91. The Balaban J connectivity index is 3.82. The Labute approximate surface area is 65.1 Å². The number of rotatable bonds is 4. The number of hydrogen-bond donors (Lipinski definition) is 2. The Hall–Kier alpha value is -0.440. The van der Waals surface area contributed by atoms with Gasteiger partial charge in [-0.1, -0.05) is 6.58 Å². The number of carbonyl (C=O) groups is 1. The fourth-order valence-electron chi connectivity index (χ4n) is 0.461. The fourth-order valence-corrected chi connectivity index (χ4v) is 0.955. The minimum Gasteiger partial charge on any atom is -0.324 e. The van der Waals surface area contributed by atoms with Crippen LogP contribution < -0.4 is 0 Å². The van der Waals surface area contributed by atoms with Crippen molar-refractivity contribution in [3.05, 3.63) is 12.2 Å². The molecule has 0 aromatic heterocycles. The highest BCUT2D eigenvalue weighted by Gasteiger charge is 2.15. The maximum atomic E-state index is 10.7. The second kappa shape index (κ2) is 3.81. The standard InChI is InChI=1S/C6H11O4P/c1-5(2)6(7)3-4-11(8,9)10/h1,3-4H2,2H3,(H2,8,9,10). The van der Waals surface area contributed by atoms with Gasteiger partial charge in [0.05, 0.1) is 6.16 Å². The van der Waals surface area contributed by atoms with Crippen LogP contribution >= 0.6 is 7.60 Å². The monoisotopic (exact) mass is 178 g/mol. The Bertz CT molecular complexity index is 215. The minimum atomic E-state index is -4.02. The summed E-state index contributed by atoms with van der Waals surface area (Å²) in [6.45, 7) is 4.87. The first-order valence-electron chi connectivity index (χ1n) is 3.06. The van der Waals surface area contributed by atoms with Crippen molar-refractivity contribution in [2.24, 2.45) is 0 Å². The molecule has 11 heavy (non-hydrogen) atoms. The van der Waals surface area contributed by atoms with Gasteiger partial charge in [-0.05, 0) is 12.5 Å². The van der Waals surface area contributed by atoms with E-state index < -0.39 is 13.8 Å².